The van der Waals surface area contributed by atoms with Crippen molar-refractivity contribution in [3.8, 4) is 11.5 Å². The molecule has 0 aromatic heterocycles. The highest BCUT2D eigenvalue weighted by Crippen LogP contribution is 2.34. The van der Waals surface area contributed by atoms with E-state index >= 15 is 0 Å². The fraction of sp³-hybridized carbons (Fsp3) is 0.200. The average Bonchev–Trinajstić information content (AvgIpc) is 2.50. The predicted octanol–water partition coefficient (Wildman–Crippen LogP) is 4.12. The van der Waals surface area contributed by atoms with Crippen LogP contribution in [0.1, 0.15) is 5.56 Å². The highest BCUT2D eigenvalue weighted by molar-refractivity contribution is 7.92. The molecule has 0 heterocycles. The SMILES string of the molecule is COc1cc(Cl)c(C)cc1NS(=O)(=O)c1cc(Cl)ccc1OC. The third-order valence-corrected chi connectivity index (χ3v) is 5.17. The van der Waals surface area contributed by atoms with Crippen LogP contribution in [0.5, 0.6) is 11.5 Å². The standard InChI is InChI=1S/C15H15Cl2NO4S/c1-9-6-12(14(22-3)8-11(9)17)18-23(19,20)15-7-10(16)4-5-13(15)21-2/h4-8,18H,1-3H3. The molecular weight excluding hydrogens is 361 g/mol. The molecule has 0 atom stereocenters. The van der Waals surface area contributed by atoms with Crippen LogP contribution in [0.15, 0.2) is 35.2 Å². The van der Waals surface area contributed by atoms with Gasteiger partial charge in [0.15, 0.2) is 0 Å². The van der Waals surface area contributed by atoms with Crippen LogP contribution in [0.25, 0.3) is 0 Å². The van der Waals surface area contributed by atoms with E-state index in [1.165, 1.54) is 26.4 Å². The number of aryl methyl sites for hydroxylation is 1. The lowest BCUT2D eigenvalue weighted by Crippen LogP contribution is -2.15. The molecule has 2 aromatic rings. The van der Waals surface area contributed by atoms with Gasteiger partial charge in [0, 0.05) is 16.1 Å². The summed E-state index contributed by atoms with van der Waals surface area (Å²) in [6.45, 7) is 1.76. The summed E-state index contributed by atoms with van der Waals surface area (Å²) in [5.74, 6) is 0.497. The number of nitrogens with one attached hydrogen (secondary N) is 1. The summed E-state index contributed by atoms with van der Waals surface area (Å²) in [5, 5.41) is 0.760. The topological polar surface area (TPSA) is 64.6 Å². The lowest BCUT2D eigenvalue weighted by Gasteiger charge is -2.15. The van der Waals surface area contributed by atoms with Crippen molar-refractivity contribution in [2.75, 3.05) is 18.9 Å². The van der Waals surface area contributed by atoms with Gasteiger partial charge in [-0.05, 0) is 36.8 Å². The van der Waals surface area contributed by atoms with Crippen LogP contribution in [0.3, 0.4) is 0 Å². The van der Waals surface area contributed by atoms with E-state index in [2.05, 4.69) is 4.72 Å². The summed E-state index contributed by atoms with van der Waals surface area (Å²) in [4.78, 5) is -0.0674. The first-order valence-electron chi connectivity index (χ1n) is 6.49. The van der Waals surface area contributed by atoms with Gasteiger partial charge < -0.3 is 9.47 Å². The third-order valence-electron chi connectivity index (χ3n) is 3.14. The van der Waals surface area contributed by atoms with Crippen LogP contribution in [0, 0.1) is 6.92 Å². The zero-order valence-electron chi connectivity index (χ0n) is 12.7. The van der Waals surface area contributed by atoms with Gasteiger partial charge in [-0.15, -0.1) is 0 Å². The number of benzene rings is 2. The molecule has 1 N–H and O–H groups in total. The lowest BCUT2D eigenvalue weighted by molar-refractivity contribution is 0.403. The average molecular weight is 376 g/mol. The first kappa shape index (κ1) is 17.7. The summed E-state index contributed by atoms with van der Waals surface area (Å²) >= 11 is 11.9. The fourth-order valence-corrected chi connectivity index (χ4v) is 3.62. The molecule has 0 saturated heterocycles. The minimum absolute atomic E-state index is 0.0674. The maximum absolute atomic E-state index is 12.7. The molecular formula is C15H15Cl2NO4S. The second kappa shape index (κ2) is 6.86. The Morgan fingerprint density at radius 1 is 1.00 bits per heavy atom. The number of rotatable bonds is 5. The van der Waals surface area contributed by atoms with E-state index in [4.69, 9.17) is 32.7 Å². The molecule has 2 rings (SSSR count). The Hall–Kier alpha value is -1.63. The molecule has 0 unspecified atom stereocenters. The maximum atomic E-state index is 12.7. The minimum atomic E-state index is -3.92. The second-order valence-corrected chi connectivity index (χ2v) is 7.20. The number of hydrogen-bond donors (Lipinski definition) is 1. The molecule has 124 valence electrons. The summed E-state index contributed by atoms with van der Waals surface area (Å²) < 4.78 is 38.1. The van der Waals surface area contributed by atoms with E-state index in [-0.39, 0.29) is 21.4 Å². The summed E-state index contributed by atoms with van der Waals surface area (Å²) in [6.07, 6.45) is 0. The quantitative estimate of drug-likeness (QED) is 0.853. The van der Waals surface area contributed by atoms with Crippen LogP contribution in [0.4, 0.5) is 5.69 Å². The van der Waals surface area contributed by atoms with Gasteiger partial charge in [0.2, 0.25) is 0 Å². The zero-order valence-corrected chi connectivity index (χ0v) is 15.0. The van der Waals surface area contributed by atoms with Crippen molar-refractivity contribution in [3.05, 3.63) is 45.9 Å². The first-order chi connectivity index (χ1) is 10.8. The molecule has 0 spiro atoms. The number of sulfonamides is 1. The second-order valence-electron chi connectivity index (χ2n) is 4.70. The van der Waals surface area contributed by atoms with E-state index in [1.807, 2.05) is 0 Å². The number of anilines is 1. The number of ether oxygens (including phenoxy) is 2. The smallest absolute Gasteiger partial charge is 0.265 e. The number of halogens is 2. The third kappa shape index (κ3) is 3.83. The molecule has 23 heavy (non-hydrogen) atoms. The van der Waals surface area contributed by atoms with E-state index in [0.29, 0.717) is 16.3 Å². The van der Waals surface area contributed by atoms with Crippen molar-refractivity contribution < 1.29 is 17.9 Å². The van der Waals surface area contributed by atoms with Gasteiger partial charge in [0.25, 0.3) is 10.0 Å². The van der Waals surface area contributed by atoms with E-state index in [0.717, 1.165) is 0 Å². The summed E-state index contributed by atoms with van der Waals surface area (Å²) in [6, 6.07) is 7.49. The normalized spacial score (nSPS) is 11.2. The first-order valence-corrected chi connectivity index (χ1v) is 8.73. The number of hydrogen-bond acceptors (Lipinski definition) is 4. The predicted molar refractivity (Wildman–Crippen MR) is 91.6 cm³/mol. The van der Waals surface area contributed by atoms with E-state index in [9.17, 15) is 8.42 Å². The van der Waals surface area contributed by atoms with Crippen LogP contribution in [0.2, 0.25) is 10.0 Å². The molecule has 0 aliphatic rings. The summed E-state index contributed by atoms with van der Waals surface area (Å²) in [7, 11) is -1.11. The molecule has 0 saturated carbocycles. The van der Waals surface area contributed by atoms with E-state index in [1.54, 1.807) is 25.1 Å². The Morgan fingerprint density at radius 2 is 1.65 bits per heavy atom. The highest BCUT2D eigenvalue weighted by Gasteiger charge is 2.22. The largest absolute Gasteiger partial charge is 0.495 e. The van der Waals surface area contributed by atoms with Crippen LogP contribution in [-0.2, 0) is 10.0 Å². The summed E-state index contributed by atoms with van der Waals surface area (Å²) in [5.41, 5.74) is 0.986. The minimum Gasteiger partial charge on any atom is -0.495 e. The molecule has 0 aliphatic carbocycles. The van der Waals surface area contributed by atoms with Gasteiger partial charge in [-0.1, -0.05) is 23.2 Å². The molecule has 5 nitrogen and oxygen atoms in total. The van der Waals surface area contributed by atoms with Crippen LogP contribution in [-0.4, -0.2) is 22.6 Å². The molecule has 2 aromatic carbocycles. The van der Waals surface area contributed by atoms with Gasteiger partial charge in [-0.25, -0.2) is 8.42 Å². The van der Waals surface area contributed by atoms with E-state index < -0.39 is 10.0 Å². The lowest BCUT2D eigenvalue weighted by atomic mass is 10.2. The molecule has 0 bridgehead atoms. The van der Waals surface area contributed by atoms with Gasteiger partial charge in [-0.2, -0.15) is 0 Å². The van der Waals surface area contributed by atoms with Crippen molar-refractivity contribution >= 4 is 38.9 Å². The molecule has 8 heteroatoms. The monoisotopic (exact) mass is 375 g/mol. The molecule has 0 fully saturated rings. The van der Waals surface area contributed by atoms with Crippen molar-refractivity contribution in [1.29, 1.82) is 0 Å². The fourth-order valence-electron chi connectivity index (χ4n) is 1.97. The van der Waals surface area contributed by atoms with Gasteiger partial charge in [0.1, 0.15) is 16.4 Å². The Balaban J connectivity index is 2.51. The zero-order chi connectivity index (χ0) is 17.2. The highest BCUT2D eigenvalue weighted by atomic mass is 35.5. The van der Waals surface area contributed by atoms with Crippen LogP contribution < -0.4 is 14.2 Å². The van der Waals surface area contributed by atoms with Gasteiger partial charge in [0.05, 0.1) is 19.9 Å². The molecule has 0 radical (unpaired) electrons. The van der Waals surface area contributed by atoms with Crippen molar-refractivity contribution in [2.45, 2.75) is 11.8 Å². The van der Waals surface area contributed by atoms with Gasteiger partial charge >= 0.3 is 0 Å². The molecule has 0 aliphatic heterocycles. The number of methoxy groups -OCH3 is 2. The van der Waals surface area contributed by atoms with Crippen molar-refractivity contribution in [3.63, 3.8) is 0 Å². The van der Waals surface area contributed by atoms with Gasteiger partial charge in [-0.3, -0.25) is 4.72 Å². The van der Waals surface area contributed by atoms with Crippen molar-refractivity contribution in [1.82, 2.24) is 0 Å². The Bertz CT molecular complexity index is 838. The Labute approximate surface area is 145 Å². The Morgan fingerprint density at radius 3 is 2.26 bits per heavy atom. The maximum Gasteiger partial charge on any atom is 0.265 e. The Kier molecular flexibility index (Phi) is 5.29. The van der Waals surface area contributed by atoms with Crippen molar-refractivity contribution in [2.24, 2.45) is 0 Å². The molecule has 0 amide bonds. The van der Waals surface area contributed by atoms with Crippen LogP contribution >= 0.6 is 23.2 Å².